The number of carbonyl (C=O) groups excluding carboxylic acids is 2. The largest absolute Gasteiger partial charge is 0.480 e. The second-order valence-electron chi connectivity index (χ2n) is 5.38. The van der Waals surface area contributed by atoms with E-state index in [1.165, 1.54) is 0 Å². The zero-order valence-corrected chi connectivity index (χ0v) is 15.0. The van der Waals surface area contributed by atoms with Gasteiger partial charge in [-0.05, 0) is 17.0 Å². The van der Waals surface area contributed by atoms with Crippen LogP contribution in [0.5, 0.6) is 0 Å². The van der Waals surface area contributed by atoms with Crippen LogP contribution in [-0.4, -0.2) is 28.9 Å². The lowest BCUT2D eigenvalue weighted by atomic mass is 10.1. The molecule has 0 bridgehead atoms. The highest BCUT2D eigenvalue weighted by Gasteiger charge is 2.20. The van der Waals surface area contributed by atoms with E-state index in [2.05, 4.69) is 33.1 Å². The molecule has 0 heterocycles. The molecule has 0 spiro atoms. The third kappa shape index (κ3) is 7.41. The number of aliphatic carboxylic acids is 1. The van der Waals surface area contributed by atoms with Crippen molar-refractivity contribution >= 4 is 33.7 Å². The Morgan fingerprint density at radius 1 is 1.12 bits per heavy atom. The molecule has 0 radical (unpaired) electrons. The summed E-state index contributed by atoms with van der Waals surface area (Å²) in [4.78, 5) is 34.8. The average molecular weight is 397 g/mol. The summed E-state index contributed by atoms with van der Waals surface area (Å²) in [7, 11) is 0. The molecule has 0 saturated heterocycles. The summed E-state index contributed by atoms with van der Waals surface area (Å²) in [6, 6.07) is 8.25. The van der Waals surface area contributed by atoms with E-state index < -0.39 is 17.9 Å². The predicted molar refractivity (Wildman–Crippen MR) is 94.5 cm³/mol. The molecule has 0 aliphatic rings. The van der Waals surface area contributed by atoms with Crippen LogP contribution in [-0.2, 0) is 14.4 Å². The summed E-state index contributed by atoms with van der Waals surface area (Å²) >= 11 is 3.07. The third-order valence-corrected chi connectivity index (χ3v) is 3.64. The highest BCUT2D eigenvalue weighted by molar-refractivity contribution is 9.11. The maximum Gasteiger partial charge on any atom is 0.326 e. The highest BCUT2D eigenvalue weighted by Crippen LogP contribution is 2.12. The van der Waals surface area contributed by atoms with Crippen molar-refractivity contribution in [3.05, 3.63) is 47.0 Å². The van der Waals surface area contributed by atoms with Gasteiger partial charge in [0, 0.05) is 19.3 Å². The molecule has 24 heavy (non-hydrogen) atoms. The first kappa shape index (κ1) is 19.9. The first-order chi connectivity index (χ1) is 11.3. The fraction of sp³-hybridized carbons (Fsp3) is 0.353. The summed E-state index contributed by atoms with van der Waals surface area (Å²) in [6.45, 7) is 5.41. The number of hydrogen-bond acceptors (Lipinski definition) is 3. The zero-order valence-electron chi connectivity index (χ0n) is 13.4. The third-order valence-electron chi connectivity index (χ3n) is 3.32. The Hall–Kier alpha value is -2.15. The van der Waals surface area contributed by atoms with Crippen LogP contribution in [0.4, 0.5) is 0 Å². The van der Waals surface area contributed by atoms with Gasteiger partial charge in [0.05, 0.1) is 6.04 Å². The smallest absolute Gasteiger partial charge is 0.326 e. The van der Waals surface area contributed by atoms with Gasteiger partial charge in [0.25, 0.3) is 0 Å². The van der Waals surface area contributed by atoms with E-state index in [9.17, 15) is 14.4 Å². The number of hydrogen-bond donors (Lipinski definition) is 3. The molecule has 2 amide bonds. The molecule has 0 aromatic heterocycles. The highest BCUT2D eigenvalue weighted by atomic mass is 79.9. The monoisotopic (exact) mass is 396 g/mol. The van der Waals surface area contributed by atoms with E-state index in [0.717, 1.165) is 5.56 Å². The van der Waals surface area contributed by atoms with E-state index in [1.807, 2.05) is 37.3 Å². The van der Waals surface area contributed by atoms with Gasteiger partial charge in [-0.1, -0.05) is 52.8 Å². The van der Waals surface area contributed by atoms with Gasteiger partial charge in [-0.15, -0.1) is 0 Å². The maximum atomic E-state index is 11.9. The number of amides is 2. The molecular formula is C17H21BrN2O4. The lowest BCUT2D eigenvalue weighted by Gasteiger charge is -2.15. The topological polar surface area (TPSA) is 95.5 Å². The number of rotatable bonds is 9. The lowest BCUT2D eigenvalue weighted by molar-refractivity contribution is -0.141. The van der Waals surface area contributed by atoms with Crippen molar-refractivity contribution in [1.82, 2.24) is 10.6 Å². The molecule has 1 aromatic carbocycles. The van der Waals surface area contributed by atoms with Crippen molar-refractivity contribution in [2.45, 2.75) is 38.3 Å². The van der Waals surface area contributed by atoms with Gasteiger partial charge in [-0.3, -0.25) is 9.59 Å². The van der Waals surface area contributed by atoms with Crippen molar-refractivity contribution in [1.29, 1.82) is 0 Å². The van der Waals surface area contributed by atoms with Crippen LogP contribution in [0.3, 0.4) is 0 Å². The van der Waals surface area contributed by atoms with Gasteiger partial charge in [0.15, 0.2) is 0 Å². The summed E-state index contributed by atoms with van der Waals surface area (Å²) in [5.41, 5.74) is 0.970. The summed E-state index contributed by atoms with van der Waals surface area (Å²) in [5.74, 6) is -1.90. The fourth-order valence-electron chi connectivity index (χ4n) is 2.05. The number of carbonyl (C=O) groups is 3. The van der Waals surface area contributed by atoms with Gasteiger partial charge in [-0.2, -0.15) is 0 Å². The van der Waals surface area contributed by atoms with E-state index >= 15 is 0 Å². The summed E-state index contributed by atoms with van der Waals surface area (Å²) < 4.78 is 0.477. The van der Waals surface area contributed by atoms with E-state index in [0.29, 0.717) is 4.48 Å². The van der Waals surface area contributed by atoms with Crippen molar-refractivity contribution in [3.8, 4) is 0 Å². The van der Waals surface area contributed by atoms with Crippen LogP contribution in [0.15, 0.2) is 41.4 Å². The summed E-state index contributed by atoms with van der Waals surface area (Å²) in [6.07, 6.45) is -0.00516. The van der Waals surface area contributed by atoms with Gasteiger partial charge < -0.3 is 15.7 Å². The molecular weight excluding hydrogens is 376 g/mol. The van der Waals surface area contributed by atoms with E-state index in [-0.39, 0.29) is 31.2 Å². The number of nitrogens with one attached hydrogen (secondary N) is 2. The van der Waals surface area contributed by atoms with Crippen LogP contribution in [0.2, 0.25) is 0 Å². The number of benzene rings is 1. The molecule has 0 fully saturated rings. The first-order valence-corrected chi connectivity index (χ1v) is 8.28. The quantitative estimate of drug-likeness (QED) is 0.597. The Morgan fingerprint density at radius 3 is 2.17 bits per heavy atom. The van der Waals surface area contributed by atoms with Crippen LogP contribution in [0.25, 0.3) is 0 Å². The fourth-order valence-corrected chi connectivity index (χ4v) is 2.38. The molecule has 1 aromatic rings. The molecule has 7 heteroatoms. The standard InChI is InChI=1S/C17H21BrN2O4/c1-11(18)10-14(17(23)24)20-16(22)9-8-15(21)19-12(2)13-6-4-3-5-7-13/h3-7,12,14H,1,8-10H2,2H3,(H,19,21)(H,20,22)(H,23,24)/t12-,14-/m1/s1. The second kappa shape index (κ2) is 9.87. The van der Waals surface area contributed by atoms with E-state index in [4.69, 9.17) is 5.11 Å². The van der Waals surface area contributed by atoms with Gasteiger partial charge in [-0.25, -0.2) is 4.79 Å². The minimum Gasteiger partial charge on any atom is -0.480 e. The van der Waals surface area contributed by atoms with Crippen LogP contribution in [0.1, 0.15) is 37.8 Å². The van der Waals surface area contributed by atoms with Crippen LogP contribution >= 0.6 is 15.9 Å². The van der Waals surface area contributed by atoms with Gasteiger partial charge >= 0.3 is 5.97 Å². The maximum absolute atomic E-state index is 11.9. The average Bonchev–Trinajstić information content (AvgIpc) is 2.52. The molecule has 0 unspecified atom stereocenters. The molecule has 3 N–H and O–H groups in total. The van der Waals surface area contributed by atoms with E-state index in [1.54, 1.807) is 0 Å². The minimum absolute atomic E-state index is 0.00932. The Labute approximate surface area is 149 Å². The number of carboxylic acid groups (broad SMARTS) is 1. The minimum atomic E-state index is -1.15. The van der Waals surface area contributed by atoms with Crippen molar-refractivity contribution in [2.24, 2.45) is 0 Å². The zero-order chi connectivity index (χ0) is 18.1. The van der Waals surface area contributed by atoms with Crippen molar-refractivity contribution in [2.75, 3.05) is 0 Å². The predicted octanol–water partition coefficient (Wildman–Crippen LogP) is 2.51. The molecule has 0 aliphatic heterocycles. The Morgan fingerprint density at radius 2 is 1.67 bits per heavy atom. The molecule has 130 valence electrons. The van der Waals surface area contributed by atoms with Gasteiger partial charge in [0.2, 0.25) is 11.8 Å². The molecule has 6 nitrogen and oxygen atoms in total. The number of halogens is 1. The van der Waals surface area contributed by atoms with Crippen LogP contribution in [0, 0.1) is 0 Å². The first-order valence-electron chi connectivity index (χ1n) is 7.49. The van der Waals surface area contributed by atoms with Crippen molar-refractivity contribution in [3.63, 3.8) is 0 Å². The van der Waals surface area contributed by atoms with Crippen molar-refractivity contribution < 1.29 is 19.5 Å². The Balaban J connectivity index is 2.41. The molecule has 0 aliphatic carbocycles. The molecule has 1 rings (SSSR count). The second-order valence-corrected chi connectivity index (χ2v) is 6.50. The summed E-state index contributed by atoms with van der Waals surface area (Å²) in [5, 5.41) is 14.2. The Kier molecular flexibility index (Phi) is 8.18. The van der Waals surface area contributed by atoms with Crippen LogP contribution < -0.4 is 10.6 Å². The Bertz CT molecular complexity index is 604. The van der Waals surface area contributed by atoms with Gasteiger partial charge in [0.1, 0.15) is 6.04 Å². The SMILES string of the molecule is C=C(Br)C[C@@H](NC(=O)CCC(=O)N[C@H](C)c1ccccc1)C(=O)O. The normalized spacial score (nSPS) is 12.8. The molecule has 2 atom stereocenters. The number of carboxylic acids is 1. The lowest BCUT2D eigenvalue weighted by Crippen LogP contribution is -2.41. The molecule has 0 saturated carbocycles.